The highest BCUT2D eigenvalue weighted by atomic mass is 19.1. The number of phenols is 1. The highest BCUT2D eigenvalue weighted by Gasteiger charge is 2.33. The van der Waals surface area contributed by atoms with Crippen molar-refractivity contribution in [2.75, 3.05) is 40.5 Å². The molecule has 30 heavy (non-hydrogen) atoms. The minimum Gasteiger partial charge on any atom is -0.507 e. The van der Waals surface area contributed by atoms with Gasteiger partial charge in [0.2, 0.25) is 5.78 Å². The van der Waals surface area contributed by atoms with Gasteiger partial charge in [-0.3, -0.25) is 9.69 Å². The Labute approximate surface area is 175 Å². The summed E-state index contributed by atoms with van der Waals surface area (Å²) in [6.45, 7) is 4.45. The maximum Gasteiger partial charge on any atom is 0.232 e. The zero-order valence-electron chi connectivity index (χ0n) is 17.4. The summed E-state index contributed by atoms with van der Waals surface area (Å²) in [5, 5.41) is 10.6. The minimum absolute atomic E-state index is 0.0712. The number of aryl methyl sites for hydroxylation is 1. The zero-order valence-corrected chi connectivity index (χ0v) is 17.4. The SMILES string of the molecule is COCCN(CCOC)Cc1c(O)cc(C)c2c1O/C(=C/c1ccc(F)cc1)C2=O. The fourth-order valence-electron chi connectivity index (χ4n) is 3.38. The van der Waals surface area contributed by atoms with Crippen molar-refractivity contribution < 1.29 is 28.5 Å². The van der Waals surface area contributed by atoms with E-state index in [1.54, 1.807) is 45.4 Å². The Hall–Kier alpha value is -2.74. The first-order valence-electron chi connectivity index (χ1n) is 9.70. The van der Waals surface area contributed by atoms with Gasteiger partial charge in [-0.05, 0) is 42.3 Å². The van der Waals surface area contributed by atoms with Crippen LogP contribution in [0.5, 0.6) is 11.5 Å². The van der Waals surface area contributed by atoms with Crippen molar-refractivity contribution in [1.29, 1.82) is 0 Å². The van der Waals surface area contributed by atoms with Gasteiger partial charge in [0.1, 0.15) is 17.3 Å². The summed E-state index contributed by atoms with van der Waals surface area (Å²) in [7, 11) is 3.26. The van der Waals surface area contributed by atoms with Gasteiger partial charge in [0.05, 0.1) is 24.3 Å². The smallest absolute Gasteiger partial charge is 0.232 e. The summed E-state index contributed by atoms with van der Waals surface area (Å²) in [4.78, 5) is 15.0. The summed E-state index contributed by atoms with van der Waals surface area (Å²) < 4.78 is 29.4. The lowest BCUT2D eigenvalue weighted by atomic mass is 9.99. The molecule has 0 saturated heterocycles. The highest BCUT2D eigenvalue weighted by molar-refractivity contribution is 6.15. The molecule has 0 aliphatic carbocycles. The van der Waals surface area contributed by atoms with Gasteiger partial charge in [0.15, 0.2) is 5.76 Å². The fraction of sp³-hybridized carbons (Fsp3) is 0.348. The number of nitrogens with zero attached hydrogens (tertiary/aromatic N) is 1. The molecule has 1 aliphatic heterocycles. The molecule has 2 aromatic rings. The predicted octanol–water partition coefficient (Wildman–Crippen LogP) is 3.55. The molecule has 0 radical (unpaired) electrons. The summed E-state index contributed by atoms with van der Waals surface area (Å²) in [6, 6.07) is 7.38. The number of fused-ring (bicyclic) bond motifs is 1. The zero-order chi connectivity index (χ0) is 21.7. The third-order valence-electron chi connectivity index (χ3n) is 4.99. The van der Waals surface area contributed by atoms with Gasteiger partial charge < -0.3 is 19.3 Å². The predicted molar refractivity (Wildman–Crippen MR) is 111 cm³/mol. The van der Waals surface area contributed by atoms with E-state index < -0.39 is 0 Å². The maximum atomic E-state index is 13.2. The van der Waals surface area contributed by atoms with Crippen molar-refractivity contribution in [2.24, 2.45) is 0 Å². The number of ether oxygens (including phenoxy) is 3. The third kappa shape index (κ3) is 4.87. The number of allylic oxidation sites excluding steroid dienone is 1. The molecular formula is C23H26FNO5. The van der Waals surface area contributed by atoms with Crippen LogP contribution < -0.4 is 4.74 Å². The summed E-state index contributed by atoms with van der Waals surface area (Å²) in [5.41, 5.74) is 2.27. The van der Waals surface area contributed by atoms with Crippen molar-refractivity contribution in [1.82, 2.24) is 4.90 Å². The Balaban J connectivity index is 1.94. The number of ketones is 1. The Bertz CT molecular complexity index is 932. The van der Waals surface area contributed by atoms with E-state index in [4.69, 9.17) is 14.2 Å². The van der Waals surface area contributed by atoms with Gasteiger partial charge >= 0.3 is 0 Å². The second-order valence-electron chi connectivity index (χ2n) is 7.15. The van der Waals surface area contributed by atoms with Crippen LogP contribution in [0.15, 0.2) is 36.1 Å². The largest absolute Gasteiger partial charge is 0.507 e. The molecule has 2 aromatic carbocycles. The lowest BCUT2D eigenvalue weighted by molar-refractivity contribution is 0.101. The first kappa shape index (κ1) is 22.0. The van der Waals surface area contributed by atoms with E-state index in [2.05, 4.69) is 4.90 Å². The molecule has 7 heteroatoms. The highest BCUT2D eigenvalue weighted by Crippen LogP contribution is 2.42. The van der Waals surface area contributed by atoms with Crippen molar-refractivity contribution in [3.63, 3.8) is 0 Å². The first-order valence-corrected chi connectivity index (χ1v) is 9.70. The van der Waals surface area contributed by atoms with E-state index in [9.17, 15) is 14.3 Å². The van der Waals surface area contributed by atoms with E-state index in [0.29, 0.717) is 60.9 Å². The second kappa shape index (κ2) is 9.84. The Morgan fingerprint density at radius 3 is 2.37 bits per heavy atom. The Kier molecular flexibility index (Phi) is 7.20. The minimum atomic E-state index is -0.352. The fourth-order valence-corrected chi connectivity index (χ4v) is 3.38. The van der Waals surface area contributed by atoms with E-state index in [0.717, 1.165) is 0 Å². The van der Waals surface area contributed by atoms with Crippen molar-refractivity contribution in [3.05, 3.63) is 64.2 Å². The van der Waals surface area contributed by atoms with Crippen LogP contribution in [-0.4, -0.2) is 56.3 Å². The molecule has 0 bridgehead atoms. The second-order valence-corrected chi connectivity index (χ2v) is 7.15. The number of aromatic hydroxyl groups is 1. The van der Waals surface area contributed by atoms with Crippen LogP contribution >= 0.6 is 0 Å². The number of hydrogen-bond donors (Lipinski definition) is 1. The number of halogens is 1. The number of carbonyl (C=O) groups excluding carboxylic acids is 1. The van der Waals surface area contributed by atoms with Crippen LogP contribution in [0.1, 0.15) is 27.0 Å². The van der Waals surface area contributed by atoms with Gasteiger partial charge in [-0.1, -0.05) is 12.1 Å². The summed E-state index contributed by atoms with van der Waals surface area (Å²) >= 11 is 0. The molecule has 0 fully saturated rings. The van der Waals surface area contributed by atoms with Crippen LogP contribution in [0.25, 0.3) is 6.08 Å². The molecule has 0 aromatic heterocycles. The van der Waals surface area contributed by atoms with Crippen LogP contribution in [-0.2, 0) is 16.0 Å². The van der Waals surface area contributed by atoms with Gasteiger partial charge in [0, 0.05) is 33.9 Å². The molecule has 0 saturated carbocycles. The lowest BCUT2D eigenvalue weighted by Gasteiger charge is -2.23. The molecule has 0 spiro atoms. The van der Waals surface area contributed by atoms with Crippen LogP contribution in [0.2, 0.25) is 0 Å². The van der Waals surface area contributed by atoms with E-state index in [1.807, 2.05) is 0 Å². The monoisotopic (exact) mass is 415 g/mol. The summed E-state index contributed by atoms with van der Waals surface area (Å²) in [6.07, 6.45) is 1.58. The number of carbonyl (C=O) groups is 1. The van der Waals surface area contributed by atoms with Gasteiger partial charge in [0.25, 0.3) is 0 Å². The van der Waals surface area contributed by atoms with Gasteiger partial charge in [-0.2, -0.15) is 0 Å². The normalized spacial score (nSPS) is 14.4. The maximum absolute atomic E-state index is 13.2. The standard InChI is InChI=1S/C23H26FNO5/c1-15-12-19(26)18(14-25(8-10-28-2)9-11-29-3)23-21(15)22(27)20(30-23)13-16-4-6-17(24)7-5-16/h4-7,12-13,26H,8-11,14H2,1-3H3/b20-13+. The van der Waals surface area contributed by atoms with E-state index >= 15 is 0 Å². The molecular weight excluding hydrogens is 389 g/mol. The molecule has 0 atom stereocenters. The molecule has 0 unspecified atom stereocenters. The molecule has 1 aliphatic rings. The van der Waals surface area contributed by atoms with Crippen LogP contribution in [0.3, 0.4) is 0 Å². The third-order valence-corrected chi connectivity index (χ3v) is 4.99. The number of rotatable bonds is 9. The molecule has 6 nitrogen and oxygen atoms in total. The van der Waals surface area contributed by atoms with Crippen LogP contribution in [0.4, 0.5) is 4.39 Å². The van der Waals surface area contributed by atoms with Gasteiger partial charge in [-0.25, -0.2) is 4.39 Å². The lowest BCUT2D eigenvalue weighted by Crippen LogP contribution is -2.30. The Morgan fingerprint density at radius 2 is 1.77 bits per heavy atom. The van der Waals surface area contributed by atoms with Crippen LogP contribution in [0, 0.1) is 12.7 Å². The molecule has 1 heterocycles. The quantitative estimate of drug-likeness (QED) is 0.632. The van der Waals surface area contributed by atoms with Gasteiger partial charge in [-0.15, -0.1) is 0 Å². The van der Waals surface area contributed by atoms with Crippen molar-refractivity contribution in [3.8, 4) is 11.5 Å². The number of Topliss-reactive ketones (excluding diaryl/α,β-unsaturated/α-hetero) is 1. The number of benzene rings is 2. The summed E-state index contributed by atoms with van der Waals surface area (Å²) in [5.74, 6) is -0.0257. The average molecular weight is 415 g/mol. The Morgan fingerprint density at radius 1 is 1.13 bits per heavy atom. The average Bonchev–Trinajstić information content (AvgIpc) is 3.04. The molecule has 1 N–H and O–H groups in total. The number of phenolic OH excluding ortho intramolecular Hbond substituents is 1. The van der Waals surface area contributed by atoms with E-state index in [1.165, 1.54) is 12.1 Å². The molecule has 3 rings (SSSR count). The first-order chi connectivity index (χ1) is 14.4. The van der Waals surface area contributed by atoms with Crippen molar-refractivity contribution in [2.45, 2.75) is 13.5 Å². The number of methoxy groups -OCH3 is 2. The number of hydrogen-bond acceptors (Lipinski definition) is 6. The topological polar surface area (TPSA) is 68.2 Å². The molecule has 0 amide bonds. The van der Waals surface area contributed by atoms with Crippen molar-refractivity contribution >= 4 is 11.9 Å². The van der Waals surface area contributed by atoms with E-state index in [-0.39, 0.29) is 23.1 Å². The molecule has 160 valence electrons.